The van der Waals surface area contributed by atoms with Crippen LogP contribution in [0.3, 0.4) is 0 Å². The largest absolute Gasteiger partial charge is 0.406 e. The summed E-state index contributed by atoms with van der Waals surface area (Å²) < 4.78 is 52.6. The Morgan fingerprint density at radius 3 is 2.58 bits per heavy atom. The number of hydrogen-bond acceptors (Lipinski definition) is 12. The number of nitrogens with one attached hydrogen (secondary N) is 1. The smallest absolute Gasteiger partial charge is 0.368 e. The molecule has 17 heteroatoms. The summed E-state index contributed by atoms with van der Waals surface area (Å²) in [5, 5.41) is 23.9. The number of aromatic nitrogens is 3. The highest BCUT2D eigenvalue weighted by atomic mass is 31.2. The molecule has 1 aromatic heterocycles. The zero-order valence-corrected chi connectivity index (χ0v) is 23.6. The van der Waals surface area contributed by atoms with Gasteiger partial charge in [0.1, 0.15) is 6.33 Å². The lowest BCUT2D eigenvalue weighted by atomic mass is 10.0. The number of alkyl halides is 1. The van der Waals surface area contributed by atoms with Crippen LogP contribution in [0.15, 0.2) is 35.4 Å². The number of nitrogens with two attached hydrogens (primary N) is 1. The third kappa shape index (κ3) is 8.10. The molecule has 0 saturated carbocycles. The van der Waals surface area contributed by atoms with E-state index in [2.05, 4.69) is 15.1 Å². The fraction of sp³-hybridized carbons (Fsp3) is 0.609. The summed E-state index contributed by atoms with van der Waals surface area (Å²) in [5.41, 5.74) is 2.83. The van der Waals surface area contributed by atoms with Crippen LogP contribution in [0.1, 0.15) is 58.9 Å². The number of halogens is 1. The third-order valence-corrected chi connectivity index (χ3v) is 7.77. The monoisotopic (exact) mass is 588 g/mol. The number of non-ortho nitro benzene ring substituents is 1. The summed E-state index contributed by atoms with van der Waals surface area (Å²) >= 11 is 0. The molecule has 0 radical (unpaired) electrons. The number of nitrogens with zero attached hydrogens (tertiary/aromatic N) is 4. The Balaban J connectivity index is 1.77. The predicted octanol–water partition coefficient (Wildman–Crippen LogP) is 2.77. The van der Waals surface area contributed by atoms with E-state index in [4.69, 9.17) is 24.3 Å². The van der Waals surface area contributed by atoms with Gasteiger partial charge in [0.05, 0.1) is 35.9 Å². The molecule has 0 amide bonds. The first-order chi connectivity index (χ1) is 18.6. The number of aliphatic hydroxyl groups excluding tert-OH is 1. The van der Waals surface area contributed by atoms with Crippen molar-refractivity contribution >= 4 is 19.4 Å². The number of ether oxygens (including phenoxy) is 2. The molecule has 1 aromatic carbocycles. The van der Waals surface area contributed by atoms with Crippen molar-refractivity contribution < 1.29 is 37.5 Å². The highest BCUT2D eigenvalue weighted by Gasteiger charge is 2.48. The first-order valence-corrected chi connectivity index (χ1v) is 14.0. The molecule has 2 aromatic rings. The van der Waals surface area contributed by atoms with Crippen LogP contribution in [0.25, 0.3) is 0 Å². The van der Waals surface area contributed by atoms with E-state index in [1.165, 1.54) is 38.1 Å². The normalized spacial score (nSPS) is 24.9. The molecule has 0 bridgehead atoms. The van der Waals surface area contributed by atoms with Gasteiger partial charge in [-0.15, -0.1) is 0 Å². The summed E-state index contributed by atoms with van der Waals surface area (Å²) in [4.78, 5) is 29.8. The minimum atomic E-state index is -4.26. The lowest BCUT2D eigenvalue weighted by molar-refractivity contribution is -0.384. The molecule has 4 unspecified atom stereocenters. The highest BCUT2D eigenvalue weighted by Crippen LogP contribution is 2.50. The van der Waals surface area contributed by atoms with E-state index in [1.54, 1.807) is 20.8 Å². The van der Waals surface area contributed by atoms with Gasteiger partial charge in [-0.1, -0.05) is 0 Å². The van der Waals surface area contributed by atoms with Crippen molar-refractivity contribution in [3.63, 3.8) is 0 Å². The SMILES string of the molecule is CC(C)OC(O)[C@H](C)NP(=O)(OC[C@@H]1CC(C)(F)[C@@H](n2cnc(N)nc2=O)O1)OC(C)c1ccc([N+](=O)[O-])cc1. The van der Waals surface area contributed by atoms with E-state index in [9.17, 15) is 24.6 Å². The summed E-state index contributed by atoms with van der Waals surface area (Å²) in [5.74, 6) is -0.274. The van der Waals surface area contributed by atoms with Gasteiger partial charge < -0.3 is 20.3 Å². The van der Waals surface area contributed by atoms with Gasteiger partial charge >= 0.3 is 13.4 Å². The molecule has 0 spiro atoms. The quantitative estimate of drug-likeness (QED) is 0.133. The summed E-state index contributed by atoms with van der Waals surface area (Å²) in [7, 11) is -4.26. The average Bonchev–Trinajstić information content (AvgIpc) is 3.16. The van der Waals surface area contributed by atoms with E-state index in [-0.39, 0.29) is 24.2 Å². The number of benzene rings is 1. The lowest BCUT2D eigenvalue weighted by Crippen LogP contribution is -2.39. The second-order valence-electron chi connectivity index (χ2n) is 9.88. The Hall–Kier alpha value is -2.85. The molecule has 40 heavy (non-hydrogen) atoms. The van der Waals surface area contributed by atoms with Gasteiger partial charge in [-0.05, 0) is 52.3 Å². The Kier molecular flexibility index (Phi) is 10.1. The maximum absolute atomic E-state index is 15.4. The minimum Gasteiger partial charge on any atom is -0.368 e. The van der Waals surface area contributed by atoms with Crippen LogP contribution in [0.5, 0.6) is 0 Å². The first-order valence-electron chi connectivity index (χ1n) is 12.4. The van der Waals surface area contributed by atoms with Crippen molar-refractivity contribution in [2.24, 2.45) is 0 Å². The van der Waals surface area contributed by atoms with Crippen LogP contribution < -0.4 is 16.5 Å². The molecule has 0 aliphatic carbocycles. The van der Waals surface area contributed by atoms with E-state index >= 15 is 4.39 Å². The molecule has 7 atom stereocenters. The van der Waals surface area contributed by atoms with Crippen molar-refractivity contribution in [1.82, 2.24) is 19.6 Å². The molecular weight excluding hydrogens is 554 g/mol. The second-order valence-corrected chi connectivity index (χ2v) is 11.6. The molecule has 1 fully saturated rings. The molecular formula is C23H34FN6O9P. The van der Waals surface area contributed by atoms with E-state index in [1.807, 2.05) is 0 Å². The molecule has 4 N–H and O–H groups in total. The number of rotatable bonds is 13. The van der Waals surface area contributed by atoms with Crippen molar-refractivity contribution in [3.8, 4) is 0 Å². The van der Waals surface area contributed by atoms with Crippen LogP contribution >= 0.6 is 7.75 Å². The van der Waals surface area contributed by atoms with Crippen LogP contribution in [-0.4, -0.2) is 61.4 Å². The van der Waals surface area contributed by atoms with Crippen molar-refractivity contribution in [2.45, 2.75) is 83.6 Å². The number of nitro benzene ring substituents is 1. The van der Waals surface area contributed by atoms with Gasteiger partial charge in [0.25, 0.3) is 5.69 Å². The fourth-order valence-corrected chi connectivity index (χ4v) is 5.74. The molecule has 2 heterocycles. The van der Waals surface area contributed by atoms with E-state index < -0.39 is 61.4 Å². The third-order valence-electron chi connectivity index (χ3n) is 5.96. The van der Waals surface area contributed by atoms with Gasteiger partial charge in [-0.3, -0.25) is 23.7 Å². The topological polar surface area (TPSA) is 203 Å². The second kappa shape index (κ2) is 12.8. The first kappa shape index (κ1) is 31.7. The van der Waals surface area contributed by atoms with Crippen molar-refractivity contribution in [1.29, 1.82) is 0 Å². The van der Waals surface area contributed by atoms with Crippen LogP contribution in [0, 0.1) is 10.1 Å². The van der Waals surface area contributed by atoms with Crippen molar-refractivity contribution in [3.05, 3.63) is 56.8 Å². The van der Waals surface area contributed by atoms with E-state index in [0.717, 1.165) is 10.9 Å². The number of hydrogen-bond donors (Lipinski definition) is 3. The molecule has 3 rings (SSSR count). The van der Waals surface area contributed by atoms with Crippen LogP contribution in [0.4, 0.5) is 16.0 Å². The van der Waals surface area contributed by atoms with Crippen molar-refractivity contribution in [2.75, 3.05) is 12.3 Å². The number of nitro groups is 1. The van der Waals surface area contributed by atoms with Crippen LogP contribution in [0.2, 0.25) is 0 Å². The summed E-state index contributed by atoms with van der Waals surface area (Å²) in [6.45, 7) is 7.27. The van der Waals surface area contributed by atoms with E-state index in [0.29, 0.717) is 5.56 Å². The summed E-state index contributed by atoms with van der Waals surface area (Å²) in [6, 6.07) is 4.49. The highest BCUT2D eigenvalue weighted by molar-refractivity contribution is 7.51. The standard InChI is InChI=1S/C23H34FN6O9P/c1-13(2)37-19(31)14(3)28-40(35,39-15(4)16-6-8-17(9-7-16)30(33)34)36-11-18-10-23(5,24)20(38-18)29-12-26-21(25)27-22(29)32/h6-9,12-15,18-20,31H,10-11H2,1-5H3,(H,28,35)(H2,25,27,32)/t14-,15?,18-,19?,20-,23?,40?/m0/s1. The zero-order valence-electron chi connectivity index (χ0n) is 22.7. The Bertz CT molecular complexity index is 1280. The molecule has 1 saturated heterocycles. The van der Waals surface area contributed by atoms with Crippen LogP contribution in [-0.2, 0) is 23.1 Å². The number of nitrogen functional groups attached to an aromatic ring is 1. The minimum absolute atomic E-state index is 0.135. The average molecular weight is 589 g/mol. The van der Waals surface area contributed by atoms with Gasteiger partial charge in [0, 0.05) is 18.6 Å². The predicted molar refractivity (Wildman–Crippen MR) is 140 cm³/mol. The number of anilines is 1. The maximum atomic E-state index is 15.4. The van der Waals surface area contributed by atoms with Gasteiger partial charge in [0.15, 0.2) is 18.2 Å². The van der Waals surface area contributed by atoms with Gasteiger partial charge in [-0.2, -0.15) is 4.98 Å². The Morgan fingerprint density at radius 2 is 2.00 bits per heavy atom. The Labute approximate surface area is 229 Å². The summed E-state index contributed by atoms with van der Waals surface area (Å²) in [6.07, 6.45) is -4.19. The molecule has 1 aliphatic rings. The zero-order chi connectivity index (χ0) is 29.8. The maximum Gasteiger partial charge on any atom is 0.406 e. The fourth-order valence-electron chi connectivity index (χ4n) is 4.01. The van der Waals surface area contributed by atoms with Gasteiger partial charge in [0.2, 0.25) is 5.95 Å². The van der Waals surface area contributed by atoms with Gasteiger partial charge in [-0.25, -0.2) is 23.8 Å². The lowest BCUT2D eigenvalue weighted by Gasteiger charge is -2.29. The molecule has 222 valence electrons. The Morgan fingerprint density at radius 1 is 1.35 bits per heavy atom. The molecule has 15 nitrogen and oxygen atoms in total. The number of aliphatic hydroxyl groups is 1. The molecule has 1 aliphatic heterocycles.